The Morgan fingerprint density at radius 3 is 2.17 bits per heavy atom. The predicted molar refractivity (Wildman–Crippen MR) is 82.3 cm³/mol. The van der Waals surface area contributed by atoms with Crippen molar-refractivity contribution in [1.29, 1.82) is 0 Å². The van der Waals surface area contributed by atoms with Gasteiger partial charge in [-0.2, -0.15) is 18.3 Å². The van der Waals surface area contributed by atoms with Crippen LogP contribution in [0.4, 0.5) is 23.2 Å². The minimum atomic E-state index is -4.40. The molecule has 1 aromatic heterocycles. The van der Waals surface area contributed by atoms with Gasteiger partial charge in [-0.1, -0.05) is 0 Å². The van der Waals surface area contributed by atoms with Gasteiger partial charge in [-0.3, -0.25) is 9.58 Å². The maximum absolute atomic E-state index is 12.9. The van der Waals surface area contributed by atoms with Crippen LogP contribution >= 0.6 is 0 Å². The van der Waals surface area contributed by atoms with Gasteiger partial charge in [-0.25, -0.2) is 4.39 Å². The first-order valence-corrected chi connectivity index (χ1v) is 7.75. The monoisotopic (exact) mass is 342 g/mol. The molecule has 1 saturated heterocycles. The van der Waals surface area contributed by atoms with Crippen molar-refractivity contribution in [2.75, 3.05) is 37.6 Å². The molecule has 0 N–H and O–H groups in total. The van der Waals surface area contributed by atoms with Crippen molar-refractivity contribution >= 4 is 5.69 Å². The Hall–Kier alpha value is -2.09. The van der Waals surface area contributed by atoms with E-state index in [4.69, 9.17) is 0 Å². The zero-order valence-electron chi connectivity index (χ0n) is 13.0. The molecular weight excluding hydrogens is 324 g/mol. The van der Waals surface area contributed by atoms with E-state index in [-0.39, 0.29) is 5.82 Å². The van der Waals surface area contributed by atoms with E-state index in [1.807, 2.05) is 0 Å². The van der Waals surface area contributed by atoms with Gasteiger partial charge in [0.05, 0.1) is 6.54 Å². The fourth-order valence-corrected chi connectivity index (χ4v) is 2.76. The summed E-state index contributed by atoms with van der Waals surface area (Å²) in [5.74, 6) is -0.255. The summed E-state index contributed by atoms with van der Waals surface area (Å²) in [7, 11) is 0. The molecule has 130 valence electrons. The van der Waals surface area contributed by atoms with Crippen molar-refractivity contribution in [3.8, 4) is 0 Å². The van der Waals surface area contributed by atoms with Crippen LogP contribution in [-0.4, -0.2) is 47.4 Å². The maximum atomic E-state index is 12.9. The molecule has 0 radical (unpaired) electrons. The van der Waals surface area contributed by atoms with Gasteiger partial charge in [-0.05, 0) is 30.3 Å². The number of benzene rings is 1. The normalized spacial score (nSPS) is 16.6. The molecule has 0 aliphatic carbocycles. The van der Waals surface area contributed by atoms with Crippen molar-refractivity contribution in [2.24, 2.45) is 0 Å². The molecular formula is C16H18F4N4. The van der Waals surface area contributed by atoms with Gasteiger partial charge < -0.3 is 4.90 Å². The average molecular weight is 342 g/mol. The Morgan fingerprint density at radius 1 is 0.917 bits per heavy atom. The molecule has 24 heavy (non-hydrogen) atoms. The van der Waals surface area contributed by atoms with Crippen LogP contribution in [0.25, 0.3) is 0 Å². The fourth-order valence-electron chi connectivity index (χ4n) is 2.76. The zero-order valence-corrected chi connectivity index (χ0v) is 13.0. The lowest BCUT2D eigenvalue weighted by Crippen LogP contribution is -2.47. The smallest absolute Gasteiger partial charge is 0.369 e. The van der Waals surface area contributed by atoms with Crippen LogP contribution in [0.1, 0.15) is 5.69 Å². The number of aromatic nitrogens is 2. The summed E-state index contributed by atoms with van der Waals surface area (Å²) in [6.07, 6.45) is -3.04. The standard InChI is InChI=1S/C16H18F4N4/c17-13-1-3-14(4-2-13)23-10-7-22(8-11-23)9-12-24-6-5-15(21-24)16(18,19)20/h1-6H,7-12H2. The SMILES string of the molecule is Fc1ccc(N2CCN(CCn3ccc(C(F)(F)F)n3)CC2)cc1. The number of nitrogens with zero attached hydrogens (tertiary/aromatic N) is 4. The van der Waals surface area contributed by atoms with E-state index in [9.17, 15) is 17.6 Å². The summed E-state index contributed by atoms with van der Waals surface area (Å²) >= 11 is 0. The van der Waals surface area contributed by atoms with Crippen LogP contribution in [0.2, 0.25) is 0 Å². The molecule has 3 rings (SSSR count). The second kappa shape index (κ2) is 6.80. The van der Waals surface area contributed by atoms with E-state index in [0.717, 1.165) is 37.9 Å². The molecule has 0 unspecified atom stereocenters. The van der Waals surface area contributed by atoms with Crippen LogP contribution in [0.5, 0.6) is 0 Å². The summed E-state index contributed by atoms with van der Waals surface area (Å²) in [5, 5.41) is 3.56. The Morgan fingerprint density at radius 2 is 1.58 bits per heavy atom. The maximum Gasteiger partial charge on any atom is 0.435 e. The number of hydrogen-bond donors (Lipinski definition) is 0. The Labute approximate surface area is 137 Å². The second-order valence-electron chi connectivity index (χ2n) is 5.77. The summed E-state index contributed by atoms with van der Waals surface area (Å²) in [6.45, 7) is 4.30. The van der Waals surface area contributed by atoms with Crippen molar-refractivity contribution in [2.45, 2.75) is 12.7 Å². The third-order valence-corrected chi connectivity index (χ3v) is 4.14. The number of rotatable bonds is 4. The predicted octanol–water partition coefficient (Wildman–Crippen LogP) is 2.86. The molecule has 2 heterocycles. The van der Waals surface area contributed by atoms with Gasteiger partial charge in [0.25, 0.3) is 0 Å². The Bertz CT molecular complexity index is 657. The third-order valence-electron chi connectivity index (χ3n) is 4.14. The minimum absolute atomic E-state index is 0.255. The molecule has 8 heteroatoms. The van der Waals surface area contributed by atoms with E-state index in [1.54, 1.807) is 12.1 Å². The lowest BCUT2D eigenvalue weighted by Gasteiger charge is -2.36. The van der Waals surface area contributed by atoms with Crippen molar-refractivity contribution in [3.05, 3.63) is 48.0 Å². The lowest BCUT2D eigenvalue weighted by atomic mass is 10.2. The Kier molecular flexibility index (Phi) is 4.75. The van der Waals surface area contributed by atoms with Crippen LogP contribution in [0.3, 0.4) is 0 Å². The number of anilines is 1. The number of halogens is 4. The van der Waals surface area contributed by atoms with Gasteiger partial charge >= 0.3 is 6.18 Å². The summed E-state index contributed by atoms with van der Waals surface area (Å²) in [4.78, 5) is 4.36. The minimum Gasteiger partial charge on any atom is -0.369 e. The molecule has 0 saturated carbocycles. The molecule has 0 atom stereocenters. The molecule has 1 fully saturated rings. The third kappa shape index (κ3) is 4.05. The first-order chi connectivity index (χ1) is 11.4. The number of piperazine rings is 1. The largest absolute Gasteiger partial charge is 0.435 e. The molecule has 1 aromatic carbocycles. The fraction of sp³-hybridized carbons (Fsp3) is 0.438. The van der Waals surface area contributed by atoms with Gasteiger partial charge in [0.2, 0.25) is 0 Å². The highest BCUT2D eigenvalue weighted by Gasteiger charge is 2.33. The highest BCUT2D eigenvalue weighted by atomic mass is 19.4. The summed E-state index contributed by atoms with van der Waals surface area (Å²) in [5.41, 5.74) is 0.126. The molecule has 1 aliphatic rings. The van der Waals surface area contributed by atoms with Crippen molar-refractivity contribution < 1.29 is 17.6 Å². The molecule has 2 aromatic rings. The van der Waals surface area contributed by atoms with Crippen LogP contribution in [-0.2, 0) is 12.7 Å². The number of hydrogen-bond acceptors (Lipinski definition) is 3. The quantitative estimate of drug-likeness (QED) is 0.799. The first-order valence-electron chi connectivity index (χ1n) is 7.75. The van der Waals surface area contributed by atoms with E-state index >= 15 is 0 Å². The zero-order chi connectivity index (χ0) is 17.2. The lowest BCUT2D eigenvalue weighted by molar-refractivity contribution is -0.141. The molecule has 0 spiro atoms. The van der Waals surface area contributed by atoms with Crippen molar-refractivity contribution in [1.82, 2.24) is 14.7 Å². The second-order valence-corrected chi connectivity index (χ2v) is 5.77. The summed E-state index contributed by atoms with van der Waals surface area (Å²) < 4.78 is 51.8. The van der Waals surface area contributed by atoms with E-state index in [0.29, 0.717) is 13.1 Å². The number of alkyl halides is 3. The van der Waals surface area contributed by atoms with Gasteiger partial charge in [0, 0.05) is 44.6 Å². The van der Waals surface area contributed by atoms with E-state index in [2.05, 4.69) is 14.9 Å². The average Bonchev–Trinajstić information content (AvgIpc) is 3.04. The highest BCUT2D eigenvalue weighted by Crippen LogP contribution is 2.27. The molecule has 0 amide bonds. The van der Waals surface area contributed by atoms with E-state index in [1.165, 1.54) is 23.0 Å². The van der Waals surface area contributed by atoms with Crippen LogP contribution < -0.4 is 4.90 Å². The Balaban J connectivity index is 1.47. The molecule has 4 nitrogen and oxygen atoms in total. The van der Waals surface area contributed by atoms with Gasteiger partial charge in [0.1, 0.15) is 5.82 Å². The van der Waals surface area contributed by atoms with Crippen LogP contribution in [0, 0.1) is 5.82 Å². The topological polar surface area (TPSA) is 24.3 Å². The summed E-state index contributed by atoms with van der Waals surface area (Å²) in [6, 6.07) is 7.39. The van der Waals surface area contributed by atoms with Gasteiger partial charge in [-0.15, -0.1) is 0 Å². The first kappa shape index (κ1) is 16.8. The van der Waals surface area contributed by atoms with Crippen LogP contribution in [0.15, 0.2) is 36.5 Å². The van der Waals surface area contributed by atoms with Crippen molar-refractivity contribution in [3.63, 3.8) is 0 Å². The molecule has 1 aliphatic heterocycles. The van der Waals surface area contributed by atoms with E-state index < -0.39 is 11.9 Å². The highest BCUT2D eigenvalue weighted by molar-refractivity contribution is 5.46. The molecule has 0 bridgehead atoms. The van der Waals surface area contributed by atoms with Gasteiger partial charge in [0.15, 0.2) is 5.69 Å².